The Kier molecular flexibility index (Phi) is 6.10. The molecule has 3 aromatic rings. The van der Waals surface area contributed by atoms with Crippen LogP contribution in [0, 0.1) is 0 Å². The third kappa shape index (κ3) is 3.67. The molecular formula is C26H27N3O4S. The quantitative estimate of drug-likeness (QED) is 0.604. The Bertz CT molecular complexity index is 1190. The smallest absolute Gasteiger partial charge is 0.273 e. The maximum atomic E-state index is 13.3. The van der Waals surface area contributed by atoms with E-state index in [0.717, 1.165) is 18.4 Å². The first kappa shape index (κ1) is 22.6. The highest BCUT2D eigenvalue weighted by Crippen LogP contribution is 2.52. The van der Waals surface area contributed by atoms with Crippen molar-refractivity contribution in [3.8, 4) is 5.75 Å². The van der Waals surface area contributed by atoms with Crippen LogP contribution in [0.1, 0.15) is 50.9 Å². The normalized spacial score (nSPS) is 20.7. The molecule has 0 saturated carbocycles. The molecule has 1 spiro atoms. The molecule has 176 valence electrons. The van der Waals surface area contributed by atoms with Crippen LogP contribution in [-0.2, 0) is 10.2 Å². The van der Waals surface area contributed by atoms with Gasteiger partial charge in [0, 0.05) is 31.0 Å². The maximum Gasteiger partial charge on any atom is 0.273 e. The number of aromatic nitrogens is 1. The summed E-state index contributed by atoms with van der Waals surface area (Å²) in [6.07, 6.45) is 1.25. The molecule has 1 aliphatic heterocycles. The number of likely N-dealkylation sites (tertiary alicyclic amines) is 1. The second-order valence-corrected chi connectivity index (χ2v) is 9.44. The van der Waals surface area contributed by atoms with Crippen LogP contribution in [0.2, 0.25) is 0 Å². The summed E-state index contributed by atoms with van der Waals surface area (Å²) < 4.78 is 11.5. The van der Waals surface area contributed by atoms with Gasteiger partial charge in [0.15, 0.2) is 0 Å². The summed E-state index contributed by atoms with van der Waals surface area (Å²) in [5.74, 6) is 0.300. The number of para-hydroxylation sites is 1. The predicted molar refractivity (Wildman–Crippen MR) is 129 cm³/mol. The molecule has 1 aliphatic carbocycles. The SMILES string of the molecule is COc1ccccc1C(=O)N[C@H]1c2ccccc2C2(CCN(C(=O)c3cscn3)CC2)[C@@H]1OC. The van der Waals surface area contributed by atoms with Crippen molar-refractivity contribution in [2.75, 3.05) is 27.3 Å². The number of rotatable bonds is 5. The number of carbonyl (C=O) groups excluding carboxylic acids is 2. The molecule has 1 saturated heterocycles. The maximum absolute atomic E-state index is 13.3. The van der Waals surface area contributed by atoms with Gasteiger partial charge in [-0.1, -0.05) is 36.4 Å². The van der Waals surface area contributed by atoms with Crippen molar-refractivity contribution in [3.63, 3.8) is 0 Å². The van der Waals surface area contributed by atoms with E-state index < -0.39 is 0 Å². The first-order chi connectivity index (χ1) is 16.6. The van der Waals surface area contributed by atoms with Gasteiger partial charge in [0.05, 0.1) is 30.3 Å². The van der Waals surface area contributed by atoms with E-state index in [1.54, 1.807) is 37.2 Å². The lowest BCUT2D eigenvalue weighted by molar-refractivity contribution is -0.00937. The van der Waals surface area contributed by atoms with Gasteiger partial charge in [0.1, 0.15) is 11.4 Å². The molecule has 1 fully saturated rings. The highest BCUT2D eigenvalue weighted by Gasteiger charge is 2.54. The van der Waals surface area contributed by atoms with Gasteiger partial charge in [-0.05, 0) is 36.1 Å². The van der Waals surface area contributed by atoms with Crippen LogP contribution in [-0.4, -0.2) is 55.1 Å². The minimum absolute atomic E-state index is 0.0302. The fourth-order valence-electron chi connectivity index (χ4n) is 5.57. The topological polar surface area (TPSA) is 80.8 Å². The molecule has 1 N–H and O–H groups in total. The van der Waals surface area contributed by atoms with Crippen molar-refractivity contribution in [1.82, 2.24) is 15.2 Å². The number of benzene rings is 2. The van der Waals surface area contributed by atoms with E-state index in [-0.39, 0.29) is 29.4 Å². The van der Waals surface area contributed by atoms with E-state index >= 15 is 0 Å². The molecular weight excluding hydrogens is 450 g/mol. The van der Waals surface area contributed by atoms with Crippen LogP contribution in [0.3, 0.4) is 0 Å². The lowest BCUT2D eigenvalue weighted by Gasteiger charge is -2.44. The van der Waals surface area contributed by atoms with Crippen LogP contribution in [0.25, 0.3) is 0 Å². The number of ether oxygens (including phenoxy) is 2. The summed E-state index contributed by atoms with van der Waals surface area (Å²) in [5, 5.41) is 5.01. The summed E-state index contributed by atoms with van der Waals surface area (Å²) in [6.45, 7) is 1.22. The average molecular weight is 478 g/mol. The van der Waals surface area contributed by atoms with Crippen molar-refractivity contribution in [2.45, 2.75) is 30.4 Å². The largest absolute Gasteiger partial charge is 0.496 e. The Hall–Kier alpha value is -3.23. The fraction of sp³-hybridized carbons (Fsp3) is 0.346. The zero-order valence-electron chi connectivity index (χ0n) is 19.2. The first-order valence-electron chi connectivity index (χ1n) is 11.3. The Morgan fingerprint density at radius 1 is 1.09 bits per heavy atom. The van der Waals surface area contributed by atoms with E-state index in [4.69, 9.17) is 9.47 Å². The van der Waals surface area contributed by atoms with Crippen LogP contribution in [0.5, 0.6) is 5.75 Å². The van der Waals surface area contributed by atoms with Crippen LogP contribution >= 0.6 is 11.3 Å². The molecule has 34 heavy (non-hydrogen) atoms. The van der Waals surface area contributed by atoms with E-state index in [0.29, 0.717) is 30.1 Å². The molecule has 1 aromatic heterocycles. The van der Waals surface area contributed by atoms with E-state index in [1.165, 1.54) is 16.9 Å². The summed E-state index contributed by atoms with van der Waals surface area (Å²) in [5.41, 5.74) is 4.63. The summed E-state index contributed by atoms with van der Waals surface area (Å²) in [6, 6.07) is 15.1. The van der Waals surface area contributed by atoms with Crippen molar-refractivity contribution in [1.29, 1.82) is 0 Å². The molecule has 0 radical (unpaired) electrons. The third-order valence-electron chi connectivity index (χ3n) is 7.17. The molecule has 8 heteroatoms. The summed E-state index contributed by atoms with van der Waals surface area (Å²) >= 11 is 1.42. The second-order valence-electron chi connectivity index (χ2n) is 8.72. The standard InChI is InChI=1S/C26H27N3O4S/c1-32-21-10-6-4-8-18(21)24(30)28-22-17-7-3-5-9-19(17)26(23(22)33-2)11-13-29(14-12-26)25(31)20-15-34-16-27-20/h3-10,15-16,22-23H,11-14H2,1-2H3,(H,28,30)/t22-,23+/m0/s1. The number of fused-ring (bicyclic) bond motifs is 2. The van der Waals surface area contributed by atoms with E-state index in [1.807, 2.05) is 29.2 Å². The molecule has 5 rings (SSSR count). The number of methoxy groups -OCH3 is 2. The van der Waals surface area contributed by atoms with Crippen molar-refractivity contribution < 1.29 is 19.1 Å². The molecule has 7 nitrogen and oxygen atoms in total. The number of nitrogens with one attached hydrogen (secondary N) is 1. The Morgan fingerprint density at radius 2 is 1.82 bits per heavy atom. The van der Waals surface area contributed by atoms with Crippen LogP contribution in [0.15, 0.2) is 59.4 Å². The molecule has 2 atom stereocenters. The van der Waals surface area contributed by atoms with E-state index in [9.17, 15) is 9.59 Å². The van der Waals surface area contributed by atoms with Gasteiger partial charge in [-0.25, -0.2) is 4.98 Å². The monoisotopic (exact) mass is 477 g/mol. The van der Waals surface area contributed by atoms with Gasteiger partial charge in [0.2, 0.25) is 0 Å². The van der Waals surface area contributed by atoms with Crippen molar-refractivity contribution in [3.05, 3.63) is 81.8 Å². The van der Waals surface area contributed by atoms with Crippen LogP contribution < -0.4 is 10.1 Å². The third-order valence-corrected chi connectivity index (χ3v) is 7.75. The molecule has 0 bridgehead atoms. The molecule has 2 aliphatic rings. The zero-order chi connectivity index (χ0) is 23.7. The van der Waals surface area contributed by atoms with Gasteiger partial charge in [-0.3, -0.25) is 9.59 Å². The highest BCUT2D eigenvalue weighted by molar-refractivity contribution is 7.07. The average Bonchev–Trinajstić information content (AvgIpc) is 3.50. The predicted octanol–water partition coefficient (Wildman–Crippen LogP) is 3.83. The first-order valence-corrected chi connectivity index (χ1v) is 12.3. The molecule has 2 aromatic carbocycles. The number of hydrogen-bond acceptors (Lipinski definition) is 6. The van der Waals surface area contributed by atoms with Gasteiger partial charge < -0.3 is 19.7 Å². The van der Waals surface area contributed by atoms with Gasteiger partial charge in [0.25, 0.3) is 11.8 Å². The Balaban J connectivity index is 1.43. The number of amides is 2. The zero-order valence-corrected chi connectivity index (χ0v) is 20.0. The lowest BCUT2D eigenvalue weighted by atomic mass is 9.72. The van der Waals surface area contributed by atoms with Gasteiger partial charge in [-0.2, -0.15) is 0 Å². The van der Waals surface area contributed by atoms with Crippen molar-refractivity contribution >= 4 is 23.2 Å². The highest BCUT2D eigenvalue weighted by atomic mass is 32.1. The van der Waals surface area contributed by atoms with Gasteiger partial charge in [-0.15, -0.1) is 11.3 Å². The van der Waals surface area contributed by atoms with Gasteiger partial charge >= 0.3 is 0 Å². The molecule has 2 heterocycles. The van der Waals surface area contributed by atoms with Crippen LogP contribution in [0.4, 0.5) is 0 Å². The summed E-state index contributed by atoms with van der Waals surface area (Å²) in [4.78, 5) is 32.2. The number of piperidine rings is 1. The minimum atomic E-state index is -0.306. The molecule has 2 amide bonds. The number of thiazole rings is 1. The minimum Gasteiger partial charge on any atom is -0.496 e. The molecule has 0 unspecified atom stereocenters. The summed E-state index contributed by atoms with van der Waals surface area (Å²) in [7, 11) is 3.26. The Labute approximate surface area is 202 Å². The van der Waals surface area contributed by atoms with Crippen molar-refractivity contribution in [2.24, 2.45) is 0 Å². The lowest BCUT2D eigenvalue weighted by Crippen LogP contribution is -2.51. The number of nitrogens with zero attached hydrogens (tertiary/aromatic N) is 2. The fourth-order valence-corrected chi connectivity index (χ4v) is 6.09. The number of hydrogen-bond donors (Lipinski definition) is 1. The Morgan fingerprint density at radius 3 is 2.53 bits per heavy atom. The van der Waals surface area contributed by atoms with E-state index in [2.05, 4.69) is 22.4 Å². The number of carbonyl (C=O) groups is 2. The second kappa shape index (κ2) is 9.19.